The Kier molecular flexibility index (Phi) is 3.43. The van der Waals surface area contributed by atoms with Gasteiger partial charge in [-0.2, -0.15) is 9.40 Å². The summed E-state index contributed by atoms with van der Waals surface area (Å²) in [7, 11) is -3.49. The first-order chi connectivity index (χ1) is 9.50. The van der Waals surface area contributed by atoms with Gasteiger partial charge in [0.05, 0.1) is 11.4 Å². The molecule has 0 aromatic carbocycles. The third kappa shape index (κ3) is 2.41. The molecule has 1 N–H and O–H groups in total. The summed E-state index contributed by atoms with van der Waals surface area (Å²) < 4.78 is 27.5. The SMILES string of the molecule is Cc1n[nH]c(C)c1S(=O)(=O)N(Cc1cccs1)C1CC1. The molecule has 2 aromatic heterocycles. The van der Waals surface area contributed by atoms with Gasteiger partial charge in [-0.25, -0.2) is 8.42 Å². The number of nitrogens with one attached hydrogen (secondary N) is 1. The summed E-state index contributed by atoms with van der Waals surface area (Å²) in [6.07, 6.45) is 1.89. The van der Waals surface area contributed by atoms with Gasteiger partial charge >= 0.3 is 0 Å². The van der Waals surface area contributed by atoms with E-state index in [4.69, 9.17) is 0 Å². The lowest BCUT2D eigenvalue weighted by atomic mass is 10.4. The second kappa shape index (κ2) is 4.98. The maximum Gasteiger partial charge on any atom is 0.247 e. The summed E-state index contributed by atoms with van der Waals surface area (Å²) in [4.78, 5) is 1.40. The van der Waals surface area contributed by atoms with E-state index in [2.05, 4.69) is 10.2 Å². The van der Waals surface area contributed by atoms with Gasteiger partial charge in [-0.05, 0) is 38.1 Å². The molecule has 0 unspecified atom stereocenters. The molecule has 1 aliphatic carbocycles. The standard InChI is InChI=1S/C13H17N3O2S2/c1-9-13(10(2)15-14-9)20(17,18)16(11-5-6-11)8-12-4-3-7-19-12/h3-4,7,11H,5-6,8H2,1-2H3,(H,14,15). The highest BCUT2D eigenvalue weighted by Crippen LogP contribution is 2.35. The molecular formula is C13H17N3O2S2. The molecule has 0 amide bonds. The number of nitrogens with zero attached hydrogens (tertiary/aromatic N) is 2. The molecule has 20 heavy (non-hydrogen) atoms. The minimum atomic E-state index is -3.49. The lowest BCUT2D eigenvalue weighted by Crippen LogP contribution is -2.33. The van der Waals surface area contributed by atoms with Crippen LogP contribution in [0.5, 0.6) is 0 Å². The number of sulfonamides is 1. The van der Waals surface area contributed by atoms with Crippen molar-refractivity contribution in [1.29, 1.82) is 0 Å². The van der Waals surface area contributed by atoms with Crippen molar-refractivity contribution in [2.75, 3.05) is 0 Å². The summed E-state index contributed by atoms with van der Waals surface area (Å²) in [5, 5.41) is 8.75. The number of hydrogen-bond acceptors (Lipinski definition) is 4. The molecule has 2 heterocycles. The lowest BCUT2D eigenvalue weighted by Gasteiger charge is -2.21. The number of hydrogen-bond donors (Lipinski definition) is 1. The van der Waals surface area contributed by atoms with Gasteiger partial charge in [0.25, 0.3) is 0 Å². The number of rotatable bonds is 5. The van der Waals surface area contributed by atoms with Gasteiger partial charge in [0, 0.05) is 17.5 Å². The third-order valence-corrected chi connectivity index (χ3v) is 6.50. The predicted octanol–water partition coefficient (Wildman–Crippen LogP) is 2.44. The van der Waals surface area contributed by atoms with E-state index in [0.717, 1.165) is 17.7 Å². The lowest BCUT2D eigenvalue weighted by molar-refractivity contribution is 0.401. The highest BCUT2D eigenvalue weighted by Gasteiger charge is 2.40. The number of aromatic nitrogens is 2. The van der Waals surface area contributed by atoms with E-state index >= 15 is 0 Å². The van der Waals surface area contributed by atoms with Crippen molar-refractivity contribution in [2.24, 2.45) is 0 Å². The third-order valence-electron chi connectivity index (χ3n) is 3.47. The highest BCUT2D eigenvalue weighted by molar-refractivity contribution is 7.89. The largest absolute Gasteiger partial charge is 0.281 e. The van der Waals surface area contributed by atoms with Crippen LogP contribution in [0.1, 0.15) is 29.1 Å². The minimum absolute atomic E-state index is 0.135. The van der Waals surface area contributed by atoms with E-state index in [9.17, 15) is 8.42 Å². The normalized spacial score (nSPS) is 15.9. The highest BCUT2D eigenvalue weighted by atomic mass is 32.2. The Balaban J connectivity index is 1.98. The molecule has 0 atom stereocenters. The second-order valence-electron chi connectivity index (χ2n) is 5.12. The molecule has 108 valence electrons. The molecule has 1 saturated carbocycles. The Hall–Kier alpha value is -1.18. The fourth-order valence-corrected chi connectivity index (χ4v) is 5.15. The van der Waals surface area contributed by atoms with Gasteiger partial charge in [0.15, 0.2) is 0 Å². The van der Waals surface area contributed by atoms with Crippen LogP contribution in [0.15, 0.2) is 22.4 Å². The van der Waals surface area contributed by atoms with Crippen molar-refractivity contribution in [3.63, 3.8) is 0 Å². The van der Waals surface area contributed by atoms with E-state index in [-0.39, 0.29) is 6.04 Å². The van der Waals surface area contributed by atoms with Gasteiger partial charge in [0.1, 0.15) is 4.90 Å². The van der Waals surface area contributed by atoms with Gasteiger partial charge in [-0.3, -0.25) is 5.10 Å². The molecule has 0 spiro atoms. The van der Waals surface area contributed by atoms with Crippen molar-refractivity contribution in [3.05, 3.63) is 33.8 Å². The monoisotopic (exact) mass is 311 g/mol. The zero-order valence-electron chi connectivity index (χ0n) is 11.5. The number of thiophene rings is 1. The maximum absolute atomic E-state index is 12.9. The average molecular weight is 311 g/mol. The molecule has 5 nitrogen and oxygen atoms in total. The topological polar surface area (TPSA) is 66.1 Å². The predicted molar refractivity (Wildman–Crippen MR) is 78.1 cm³/mol. The molecule has 7 heteroatoms. The van der Waals surface area contributed by atoms with Gasteiger partial charge in [0.2, 0.25) is 10.0 Å². The molecule has 2 aromatic rings. The van der Waals surface area contributed by atoms with E-state index in [0.29, 0.717) is 22.8 Å². The summed E-state index contributed by atoms with van der Waals surface area (Å²) in [5.74, 6) is 0. The van der Waals surface area contributed by atoms with Crippen molar-refractivity contribution < 1.29 is 8.42 Å². The van der Waals surface area contributed by atoms with Crippen molar-refractivity contribution >= 4 is 21.4 Å². The Morgan fingerprint density at radius 1 is 1.45 bits per heavy atom. The molecule has 0 radical (unpaired) electrons. The van der Waals surface area contributed by atoms with Crippen LogP contribution in [0.2, 0.25) is 0 Å². The van der Waals surface area contributed by atoms with Crippen molar-refractivity contribution in [2.45, 2.75) is 44.2 Å². The van der Waals surface area contributed by atoms with Crippen LogP contribution in [0.4, 0.5) is 0 Å². The van der Waals surface area contributed by atoms with Crippen molar-refractivity contribution in [3.8, 4) is 0 Å². The Labute approximate surface area is 122 Å². The van der Waals surface area contributed by atoms with E-state index in [1.165, 1.54) is 0 Å². The molecule has 0 bridgehead atoms. The first kappa shape index (κ1) is 13.8. The second-order valence-corrected chi connectivity index (χ2v) is 7.98. The van der Waals surface area contributed by atoms with Crippen LogP contribution < -0.4 is 0 Å². The Morgan fingerprint density at radius 2 is 2.20 bits per heavy atom. The van der Waals surface area contributed by atoms with E-state index in [1.807, 2.05) is 17.5 Å². The number of aryl methyl sites for hydroxylation is 2. The summed E-state index contributed by atoms with van der Waals surface area (Å²) in [6, 6.07) is 4.06. The van der Waals surface area contributed by atoms with Gasteiger partial charge < -0.3 is 0 Å². The molecule has 0 aliphatic heterocycles. The molecule has 0 saturated heterocycles. The molecule has 3 rings (SSSR count). The minimum Gasteiger partial charge on any atom is -0.281 e. The number of aromatic amines is 1. The van der Waals surface area contributed by atoms with Crippen LogP contribution in [-0.4, -0.2) is 29.0 Å². The quantitative estimate of drug-likeness (QED) is 0.922. The number of H-pyrrole nitrogens is 1. The smallest absolute Gasteiger partial charge is 0.247 e. The molecule has 1 aliphatic rings. The van der Waals surface area contributed by atoms with E-state index in [1.54, 1.807) is 29.5 Å². The van der Waals surface area contributed by atoms with E-state index < -0.39 is 10.0 Å². The maximum atomic E-state index is 12.9. The van der Waals surface area contributed by atoms with Gasteiger partial charge in [-0.15, -0.1) is 11.3 Å². The fraction of sp³-hybridized carbons (Fsp3) is 0.462. The van der Waals surface area contributed by atoms with Crippen molar-refractivity contribution in [1.82, 2.24) is 14.5 Å². The summed E-state index contributed by atoms with van der Waals surface area (Å²) in [5.41, 5.74) is 1.15. The van der Waals surface area contributed by atoms with Crippen LogP contribution in [0.3, 0.4) is 0 Å². The molecular weight excluding hydrogens is 294 g/mol. The van der Waals surface area contributed by atoms with Crippen LogP contribution in [-0.2, 0) is 16.6 Å². The van der Waals surface area contributed by atoms with Crippen LogP contribution in [0.25, 0.3) is 0 Å². The van der Waals surface area contributed by atoms with Gasteiger partial charge in [-0.1, -0.05) is 6.07 Å². The fourth-order valence-electron chi connectivity index (χ4n) is 2.37. The average Bonchev–Trinajstić information content (AvgIpc) is 2.97. The summed E-state index contributed by atoms with van der Waals surface area (Å²) >= 11 is 1.59. The summed E-state index contributed by atoms with van der Waals surface area (Å²) in [6.45, 7) is 3.93. The zero-order valence-corrected chi connectivity index (χ0v) is 13.1. The molecule has 1 fully saturated rings. The first-order valence-electron chi connectivity index (χ1n) is 6.56. The van der Waals surface area contributed by atoms with Crippen LogP contribution >= 0.6 is 11.3 Å². The van der Waals surface area contributed by atoms with Crippen LogP contribution in [0, 0.1) is 13.8 Å². The Morgan fingerprint density at radius 3 is 2.70 bits per heavy atom. The first-order valence-corrected chi connectivity index (χ1v) is 8.88. The Bertz CT molecular complexity index is 681. The zero-order chi connectivity index (χ0) is 14.3.